The Morgan fingerprint density at radius 1 is 1.39 bits per heavy atom. The Morgan fingerprint density at radius 2 is 2.00 bits per heavy atom. The minimum atomic E-state index is -0.881. The fraction of sp³-hybridized carbons (Fsp3) is 0.417. The highest BCUT2D eigenvalue weighted by atomic mass is 79.9. The molecule has 1 aromatic rings. The van der Waals surface area contributed by atoms with Gasteiger partial charge in [0.25, 0.3) is 0 Å². The van der Waals surface area contributed by atoms with Crippen LogP contribution in [0.5, 0.6) is 0 Å². The third-order valence-corrected chi connectivity index (χ3v) is 3.70. The lowest BCUT2D eigenvalue weighted by atomic mass is 10.1. The van der Waals surface area contributed by atoms with Crippen molar-refractivity contribution in [3.63, 3.8) is 0 Å². The maximum atomic E-state index is 11.5. The smallest absolute Gasteiger partial charge is 0.315 e. The van der Waals surface area contributed by atoms with Crippen LogP contribution in [0.4, 0.5) is 4.79 Å². The number of carbonyl (C=O) groups excluding carboxylic acids is 1. The Bertz CT molecular complexity index is 423. The Hall–Kier alpha value is -0.880. The lowest BCUT2D eigenvalue weighted by Gasteiger charge is -2.15. The number of urea groups is 1. The normalized spacial score (nSPS) is 13.7. The molecule has 2 amide bonds. The molecule has 2 unspecified atom stereocenters. The van der Waals surface area contributed by atoms with Gasteiger partial charge in [-0.05, 0) is 24.6 Å². The largest absolute Gasteiger partial charge is 0.337 e. The average molecular weight is 333 g/mol. The Labute approximate surface area is 118 Å². The first-order valence-corrected chi connectivity index (χ1v) is 8.11. The van der Waals surface area contributed by atoms with Gasteiger partial charge in [-0.25, -0.2) is 4.79 Å². The third kappa shape index (κ3) is 5.64. The van der Waals surface area contributed by atoms with E-state index in [1.807, 2.05) is 31.2 Å². The van der Waals surface area contributed by atoms with Gasteiger partial charge in [0.15, 0.2) is 0 Å². The van der Waals surface area contributed by atoms with Crippen molar-refractivity contribution in [1.82, 2.24) is 10.6 Å². The van der Waals surface area contributed by atoms with Crippen LogP contribution in [0.2, 0.25) is 0 Å². The molecule has 2 N–H and O–H groups in total. The van der Waals surface area contributed by atoms with Crippen LogP contribution >= 0.6 is 15.9 Å². The standard InChI is InChI=1S/C12H17BrN2O2S/c1-9(10-3-5-11(13)6-4-10)15-12(16)14-7-8-18(2)17/h3-6,9H,7-8H2,1-2H3,(H2,14,15,16). The van der Waals surface area contributed by atoms with E-state index < -0.39 is 10.8 Å². The molecule has 6 heteroatoms. The second-order valence-corrected chi connectivity index (χ2v) is 6.42. The van der Waals surface area contributed by atoms with E-state index in [2.05, 4.69) is 26.6 Å². The maximum absolute atomic E-state index is 11.5. The number of carbonyl (C=O) groups is 1. The second-order valence-electron chi connectivity index (χ2n) is 3.95. The van der Waals surface area contributed by atoms with Crippen LogP contribution in [-0.4, -0.2) is 28.8 Å². The highest BCUT2D eigenvalue weighted by Crippen LogP contribution is 2.16. The molecular weight excluding hydrogens is 316 g/mol. The summed E-state index contributed by atoms with van der Waals surface area (Å²) in [4.78, 5) is 11.5. The molecular formula is C12H17BrN2O2S. The number of rotatable bonds is 5. The zero-order valence-electron chi connectivity index (χ0n) is 10.4. The number of amides is 2. The van der Waals surface area contributed by atoms with E-state index in [-0.39, 0.29) is 12.1 Å². The fourth-order valence-corrected chi connectivity index (χ4v) is 2.04. The van der Waals surface area contributed by atoms with Crippen LogP contribution in [0.3, 0.4) is 0 Å². The topological polar surface area (TPSA) is 58.2 Å². The Kier molecular flexibility index (Phi) is 6.35. The van der Waals surface area contributed by atoms with Gasteiger partial charge < -0.3 is 10.6 Å². The molecule has 0 aliphatic heterocycles. The summed E-state index contributed by atoms with van der Waals surface area (Å²) in [6.07, 6.45) is 1.62. The molecule has 4 nitrogen and oxygen atoms in total. The van der Waals surface area contributed by atoms with Crippen LogP contribution in [0, 0.1) is 0 Å². The summed E-state index contributed by atoms with van der Waals surface area (Å²) in [5.41, 5.74) is 1.03. The molecule has 0 saturated heterocycles. The zero-order chi connectivity index (χ0) is 13.5. The molecule has 0 heterocycles. The Morgan fingerprint density at radius 3 is 2.56 bits per heavy atom. The van der Waals surface area contributed by atoms with Gasteiger partial charge in [-0.2, -0.15) is 0 Å². The minimum absolute atomic E-state index is 0.0646. The average Bonchev–Trinajstić information content (AvgIpc) is 2.29. The molecule has 1 rings (SSSR count). The summed E-state index contributed by atoms with van der Waals surface area (Å²) in [5, 5.41) is 5.50. The van der Waals surface area contributed by atoms with Gasteiger partial charge in [0.2, 0.25) is 0 Å². The molecule has 0 aliphatic rings. The maximum Gasteiger partial charge on any atom is 0.315 e. The van der Waals surface area contributed by atoms with E-state index in [9.17, 15) is 9.00 Å². The van der Waals surface area contributed by atoms with Gasteiger partial charge >= 0.3 is 6.03 Å². The predicted molar refractivity (Wildman–Crippen MR) is 78.0 cm³/mol. The SMILES string of the molecule is CC(NC(=O)NCCS(C)=O)c1ccc(Br)cc1. The molecule has 18 heavy (non-hydrogen) atoms. The van der Waals surface area contributed by atoms with Crippen molar-refractivity contribution in [2.45, 2.75) is 13.0 Å². The number of hydrogen-bond donors (Lipinski definition) is 2. The van der Waals surface area contributed by atoms with Gasteiger partial charge in [0, 0.05) is 33.8 Å². The van der Waals surface area contributed by atoms with Crippen LogP contribution < -0.4 is 10.6 Å². The summed E-state index contributed by atoms with van der Waals surface area (Å²) < 4.78 is 11.8. The molecule has 100 valence electrons. The molecule has 0 bridgehead atoms. The number of hydrogen-bond acceptors (Lipinski definition) is 2. The Balaban J connectivity index is 2.39. The zero-order valence-corrected chi connectivity index (χ0v) is 12.8. The first-order chi connectivity index (χ1) is 8.49. The van der Waals surface area contributed by atoms with Crippen LogP contribution in [-0.2, 0) is 10.8 Å². The first kappa shape index (κ1) is 15.2. The minimum Gasteiger partial charge on any atom is -0.337 e. The summed E-state index contributed by atoms with van der Waals surface area (Å²) in [5.74, 6) is 0.472. The molecule has 0 aromatic heterocycles. The number of halogens is 1. The number of benzene rings is 1. The van der Waals surface area contributed by atoms with E-state index in [0.29, 0.717) is 12.3 Å². The van der Waals surface area contributed by atoms with Crippen LogP contribution in [0.1, 0.15) is 18.5 Å². The van der Waals surface area contributed by atoms with Crippen molar-refractivity contribution in [3.8, 4) is 0 Å². The molecule has 0 aliphatic carbocycles. The van der Waals surface area contributed by atoms with Gasteiger partial charge in [0.05, 0.1) is 6.04 Å². The van der Waals surface area contributed by atoms with Crippen molar-refractivity contribution < 1.29 is 9.00 Å². The molecule has 0 saturated carbocycles. The predicted octanol–water partition coefficient (Wildman–Crippen LogP) is 2.19. The molecule has 2 atom stereocenters. The van der Waals surface area contributed by atoms with Crippen molar-refractivity contribution in [1.29, 1.82) is 0 Å². The van der Waals surface area contributed by atoms with E-state index in [1.54, 1.807) is 6.26 Å². The lowest BCUT2D eigenvalue weighted by Crippen LogP contribution is -2.38. The van der Waals surface area contributed by atoms with Crippen molar-refractivity contribution in [2.75, 3.05) is 18.6 Å². The summed E-state index contributed by atoms with van der Waals surface area (Å²) in [6, 6.07) is 7.48. The first-order valence-electron chi connectivity index (χ1n) is 5.59. The third-order valence-electron chi connectivity index (χ3n) is 2.39. The van der Waals surface area contributed by atoms with Gasteiger partial charge in [-0.15, -0.1) is 0 Å². The highest BCUT2D eigenvalue weighted by molar-refractivity contribution is 9.10. The van der Waals surface area contributed by atoms with E-state index in [4.69, 9.17) is 0 Å². The molecule has 0 radical (unpaired) electrons. The molecule has 0 spiro atoms. The lowest BCUT2D eigenvalue weighted by molar-refractivity contribution is 0.238. The summed E-state index contributed by atoms with van der Waals surface area (Å²) in [6.45, 7) is 2.34. The second kappa shape index (κ2) is 7.53. The van der Waals surface area contributed by atoms with Crippen molar-refractivity contribution in [2.24, 2.45) is 0 Å². The monoisotopic (exact) mass is 332 g/mol. The van der Waals surface area contributed by atoms with E-state index >= 15 is 0 Å². The van der Waals surface area contributed by atoms with Crippen LogP contribution in [0.15, 0.2) is 28.7 Å². The fourth-order valence-electron chi connectivity index (χ4n) is 1.39. The quantitative estimate of drug-likeness (QED) is 0.868. The molecule has 0 fully saturated rings. The van der Waals surface area contributed by atoms with Crippen LogP contribution in [0.25, 0.3) is 0 Å². The highest BCUT2D eigenvalue weighted by Gasteiger charge is 2.08. The van der Waals surface area contributed by atoms with Gasteiger partial charge in [-0.3, -0.25) is 4.21 Å². The van der Waals surface area contributed by atoms with Crippen molar-refractivity contribution >= 4 is 32.8 Å². The molecule has 1 aromatic carbocycles. The van der Waals surface area contributed by atoms with E-state index in [1.165, 1.54) is 0 Å². The number of nitrogens with one attached hydrogen (secondary N) is 2. The van der Waals surface area contributed by atoms with E-state index in [0.717, 1.165) is 10.0 Å². The van der Waals surface area contributed by atoms with Gasteiger partial charge in [0.1, 0.15) is 0 Å². The van der Waals surface area contributed by atoms with Gasteiger partial charge in [-0.1, -0.05) is 28.1 Å². The summed E-state index contributed by atoms with van der Waals surface area (Å²) >= 11 is 3.36. The summed E-state index contributed by atoms with van der Waals surface area (Å²) in [7, 11) is -0.881. The van der Waals surface area contributed by atoms with Crippen molar-refractivity contribution in [3.05, 3.63) is 34.3 Å².